The molecule has 0 saturated carbocycles. The van der Waals surface area contributed by atoms with Crippen molar-refractivity contribution >= 4 is 5.97 Å². The number of hydrogen-bond donors (Lipinski definition) is 1. The Morgan fingerprint density at radius 2 is 2.25 bits per heavy atom. The Morgan fingerprint density at radius 1 is 1.55 bits per heavy atom. The van der Waals surface area contributed by atoms with Gasteiger partial charge in [0.1, 0.15) is 12.4 Å². The standard InChI is InChI=1S/C14H15FN2O3/c1-14(20-7-13(18)19)8-17(9-14)6-11-2-10(5-16)3-12(15)4-11/h2-4H,6-9H2,1H3,(H,18,19). The van der Waals surface area contributed by atoms with Crippen LogP contribution >= 0.6 is 0 Å². The predicted molar refractivity (Wildman–Crippen MR) is 68.4 cm³/mol. The van der Waals surface area contributed by atoms with E-state index in [0.717, 1.165) is 5.56 Å². The SMILES string of the molecule is CC1(OCC(=O)O)CN(Cc2cc(F)cc(C#N)c2)C1. The van der Waals surface area contributed by atoms with Crippen LogP contribution in [-0.4, -0.2) is 41.3 Å². The highest BCUT2D eigenvalue weighted by Crippen LogP contribution is 2.26. The van der Waals surface area contributed by atoms with E-state index < -0.39 is 17.4 Å². The molecule has 0 amide bonds. The number of halogens is 1. The number of carbonyl (C=O) groups is 1. The largest absolute Gasteiger partial charge is 0.480 e. The molecule has 1 aliphatic heterocycles. The van der Waals surface area contributed by atoms with Crippen molar-refractivity contribution in [2.24, 2.45) is 0 Å². The average Bonchev–Trinajstić information content (AvgIpc) is 2.33. The van der Waals surface area contributed by atoms with Gasteiger partial charge in [-0.1, -0.05) is 0 Å². The summed E-state index contributed by atoms with van der Waals surface area (Å²) >= 11 is 0. The van der Waals surface area contributed by atoms with Crippen LogP contribution in [0.2, 0.25) is 0 Å². The monoisotopic (exact) mass is 278 g/mol. The molecule has 1 N–H and O–H groups in total. The summed E-state index contributed by atoms with van der Waals surface area (Å²) in [6.45, 7) is 3.21. The molecule has 6 heteroatoms. The van der Waals surface area contributed by atoms with E-state index in [4.69, 9.17) is 15.1 Å². The molecule has 1 aliphatic rings. The van der Waals surface area contributed by atoms with Gasteiger partial charge in [0, 0.05) is 19.6 Å². The molecule has 2 rings (SSSR count). The minimum absolute atomic E-state index is 0.297. The Balaban J connectivity index is 1.90. The van der Waals surface area contributed by atoms with E-state index in [2.05, 4.69) is 0 Å². The van der Waals surface area contributed by atoms with Crippen molar-refractivity contribution in [1.82, 2.24) is 4.90 Å². The van der Waals surface area contributed by atoms with Crippen LogP contribution < -0.4 is 0 Å². The maximum Gasteiger partial charge on any atom is 0.329 e. The zero-order valence-corrected chi connectivity index (χ0v) is 11.1. The van der Waals surface area contributed by atoms with Gasteiger partial charge in [-0.2, -0.15) is 5.26 Å². The van der Waals surface area contributed by atoms with Gasteiger partial charge in [-0.3, -0.25) is 4.90 Å². The van der Waals surface area contributed by atoms with Gasteiger partial charge < -0.3 is 9.84 Å². The van der Waals surface area contributed by atoms with Gasteiger partial charge in [-0.15, -0.1) is 0 Å². The van der Waals surface area contributed by atoms with Crippen molar-refractivity contribution in [1.29, 1.82) is 5.26 Å². The first-order valence-corrected chi connectivity index (χ1v) is 6.18. The first-order valence-electron chi connectivity index (χ1n) is 6.18. The smallest absolute Gasteiger partial charge is 0.329 e. The van der Waals surface area contributed by atoms with Gasteiger partial charge in [0.05, 0.1) is 17.2 Å². The van der Waals surface area contributed by atoms with Crippen molar-refractivity contribution in [3.63, 3.8) is 0 Å². The van der Waals surface area contributed by atoms with Gasteiger partial charge in [0.15, 0.2) is 0 Å². The molecule has 5 nitrogen and oxygen atoms in total. The number of carboxylic acid groups (broad SMARTS) is 1. The summed E-state index contributed by atoms with van der Waals surface area (Å²) in [7, 11) is 0. The van der Waals surface area contributed by atoms with E-state index in [1.165, 1.54) is 12.1 Å². The van der Waals surface area contributed by atoms with Gasteiger partial charge >= 0.3 is 5.97 Å². The maximum absolute atomic E-state index is 13.3. The molecule has 20 heavy (non-hydrogen) atoms. The van der Waals surface area contributed by atoms with Crippen LogP contribution in [0.5, 0.6) is 0 Å². The Labute approximate surface area is 116 Å². The Hall–Kier alpha value is -1.97. The van der Waals surface area contributed by atoms with Crippen LogP contribution in [-0.2, 0) is 16.1 Å². The molecule has 1 heterocycles. The molecular formula is C14H15FN2O3. The molecule has 106 valence electrons. The lowest BCUT2D eigenvalue weighted by molar-refractivity contribution is -0.165. The second-order valence-electron chi connectivity index (χ2n) is 5.24. The number of aliphatic carboxylic acids is 1. The van der Waals surface area contributed by atoms with E-state index in [1.54, 1.807) is 6.07 Å². The first-order chi connectivity index (χ1) is 9.40. The molecule has 0 aromatic heterocycles. The third kappa shape index (κ3) is 3.53. The van der Waals surface area contributed by atoms with Crippen molar-refractivity contribution in [2.45, 2.75) is 19.1 Å². The molecular weight excluding hydrogens is 263 g/mol. The van der Waals surface area contributed by atoms with Gasteiger partial charge in [0.2, 0.25) is 0 Å². The molecule has 0 unspecified atom stereocenters. The third-order valence-corrected chi connectivity index (χ3v) is 3.15. The summed E-state index contributed by atoms with van der Waals surface area (Å²) in [6.07, 6.45) is 0. The summed E-state index contributed by atoms with van der Waals surface area (Å²) < 4.78 is 18.6. The highest BCUT2D eigenvalue weighted by molar-refractivity contribution is 5.68. The molecule has 0 aliphatic carbocycles. The molecule has 0 atom stereocenters. The molecule has 0 bridgehead atoms. The first kappa shape index (κ1) is 14.4. The molecule has 1 aromatic rings. The fourth-order valence-corrected chi connectivity index (χ4v) is 2.40. The van der Waals surface area contributed by atoms with Crippen molar-refractivity contribution < 1.29 is 19.0 Å². The van der Waals surface area contributed by atoms with E-state index in [1.807, 2.05) is 17.9 Å². The van der Waals surface area contributed by atoms with E-state index in [-0.39, 0.29) is 6.61 Å². The summed E-state index contributed by atoms with van der Waals surface area (Å²) in [5.74, 6) is -1.42. The van der Waals surface area contributed by atoms with Gasteiger partial charge in [-0.25, -0.2) is 9.18 Å². The van der Waals surface area contributed by atoms with E-state index in [0.29, 0.717) is 25.2 Å². The second kappa shape index (κ2) is 5.57. The summed E-state index contributed by atoms with van der Waals surface area (Å²) in [5, 5.41) is 17.4. The lowest BCUT2D eigenvalue weighted by atomic mass is 9.95. The number of nitriles is 1. The van der Waals surface area contributed by atoms with Crippen molar-refractivity contribution in [3.05, 3.63) is 35.1 Å². The Morgan fingerprint density at radius 3 is 2.85 bits per heavy atom. The minimum atomic E-state index is -0.992. The lowest BCUT2D eigenvalue weighted by Crippen LogP contribution is -2.61. The summed E-state index contributed by atoms with van der Waals surface area (Å²) in [4.78, 5) is 12.5. The van der Waals surface area contributed by atoms with Gasteiger partial charge in [0.25, 0.3) is 0 Å². The summed E-state index contributed by atoms with van der Waals surface area (Å²) in [5.41, 5.74) is 0.552. The normalized spacial score (nSPS) is 17.2. The third-order valence-electron chi connectivity index (χ3n) is 3.15. The quantitative estimate of drug-likeness (QED) is 0.880. The predicted octanol–water partition coefficient (Wildman–Crippen LogP) is 1.37. The van der Waals surface area contributed by atoms with Crippen LogP contribution in [0.4, 0.5) is 4.39 Å². The van der Waals surface area contributed by atoms with Gasteiger partial charge in [-0.05, 0) is 30.7 Å². The number of ether oxygens (including phenoxy) is 1. The zero-order chi connectivity index (χ0) is 14.8. The molecule has 1 saturated heterocycles. The van der Waals surface area contributed by atoms with Crippen LogP contribution in [0.3, 0.4) is 0 Å². The number of likely N-dealkylation sites (tertiary alicyclic amines) is 1. The highest BCUT2D eigenvalue weighted by atomic mass is 19.1. The minimum Gasteiger partial charge on any atom is -0.480 e. The molecule has 0 spiro atoms. The van der Waals surface area contributed by atoms with Crippen LogP contribution in [0.15, 0.2) is 18.2 Å². The molecule has 1 fully saturated rings. The fraction of sp³-hybridized carbons (Fsp3) is 0.429. The number of benzene rings is 1. The van der Waals surface area contributed by atoms with Crippen LogP contribution in [0, 0.1) is 17.1 Å². The number of rotatable bonds is 5. The number of hydrogen-bond acceptors (Lipinski definition) is 4. The Bertz CT molecular complexity index is 562. The topological polar surface area (TPSA) is 73.6 Å². The van der Waals surface area contributed by atoms with Crippen molar-refractivity contribution in [2.75, 3.05) is 19.7 Å². The maximum atomic E-state index is 13.3. The average molecular weight is 278 g/mol. The zero-order valence-electron chi connectivity index (χ0n) is 11.1. The van der Waals surface area contributed by atoms with E-state index in [9.17, 15) is 9.18 Å². The molecule has 0 radical (unpaired) electrons. The number of carboxylic acids is 1. The van der Waals surface area contributed by atoms with Crippen LogP contribution in [0.1, 0.15) is 18.1 Å². The van der Waals surface area contributed by atoms with E-state index >= 15 is 0 Å². The fourth-order valence-electron chi connectivity index (χ4n) is 2.40. The molecule has 1 aromatic carbocycles. The number of nitrogens with zero attached hydrogens (tertiary/aromatic N) is 2. The second-order valence-corrected chi connectivity index (χ2v) is 5.24. The van der Waals surface area contributed by atoms with Crippen molar-refractivity contribution in [3.8, 4) is 6.07 Å². The Kier molecular flexibility index (Phi) is 4.02. The summed E-state index contributed by atoms with van der Waals surface area (Å²) in [6, 6.07) is 6.16. The van der Waals surface area contributed by atoms with Crippen LogP contribution in [0.25, 0.3) is 0 Å². The highest BCUT2D eigenvalue weighted by Gasteiger charge is 2.39. The lowest BCUT2D eigenvalue weighted by Gasteiger charge is -2.47.